The molecule has 0 spiro atoms. The summed E-state index contributed by atoms with van der Waals surface area (Å²) in [6, 6.07) is 12.1. The fourth-order valence-electron chi connectivity index (χ4n) is 2.49. The van der Waals surface area contributed by atoms with Crippen molar-refractivity contribution in [3.63, 3.8) is 0 Å². The second-order valence-electron chi connectivity index (χ2n) is 5.20. The number of esters is 1. The molecule has 7 heteroatoms. The fourth-order valence-corrected chi connectivity index (χ4v) is 3.84. The summed E-state index contributed by atoms with van der Waals surface area (Å²) >= 11 is 7.42. The van der Waals surface area contributed by atoms with E-state index < -0.39 is 11.9 Å². The Morgan fingerprint density at radius 2 is 2.00 bits per heavy atom. The first-order valence-corrected chi connectivity index (χ1v) is 8.80. The summed E-state index contributed by atoms with van der Waals surface area (Å²) in [7, 11) is 1.34. The van der Waals surface area contributed by atoms with Gasteiger partial charge in [0.2, 0.25) is 0 Å². The van der Waals surface area contributed by atoms with Gasteiger partial charge in [-0.05, 0) is 37.3 Å². The van der Waals surface area contributed by atoms with E-state index in [1.807, 2.05) is 17.6 Å². The van der Waals surface area contributed by atoms with E-state index in [0.717, 1.165) is 10.2 Å². The molecule has 0 radical (unpaired) electrons. The molecule has 0 saturated heterocycles. The van der Waals surface area contributed by atoms with Gasteiger partial charge in [-0.15, -0.1) is 0 Å². The maximum Gasteiger partial charge on any atom is 0.337 e. The van der Waals surface area contributed by atoms with Crippen LogP contribution in [0.4, 0.5) is 0 Å². The minimum absolute atomic E-state index is 0.361. The molecule has 1 amide bonds. The summed E-state index contributed by atoms with van der Waals surface area (Å²) in [5, 5.41) is 0.369. The number of thiazole rings is 1. The molecule has 0 aliphatic heterocycles. The molecule has 1 aromatic heterocycles. The van der Waals surface area contributed by atoms with Crippen LogP contribution in [0.25, 0.3) is 10.2 Å². The van der Waals surface area contributed by atoms with Crippen LogP contribution in [0.15, 0.2) is 47.5 Å². The van der Waals surface area contributed by atoms with Crippen molar-refractivity contribution in [2.24, 2.45) is 4.99 Å². The van der Waals surface area contributed by atoms with Gasteiger partial charge in [0.25, 0.3) is 5.91 Å². The SMILES string of the molecule is CCn1c(=NC(=O)c2ccccc2Cl)sc2cc(C(=O)OC)ccc21. The zero-order valence-corrected chi connectivity index (χ0v) is 15.2. The van der Waals surface area contributed by atoms with Crippen LogP contribution < -0.4 is 4.80 Å². The lowest BCUT2D eigenvalue weighted by atomic mass is 10.2. The maximum absolute atomic E-state index is 12.5. The Morgan fingerprint density at radius 1 is 1.24 bits per heavy atom. The number of fused-ring (bicyclic) bond motifs is 1. The van der Waals surface area contributed by atoms with Gasteiger partial charge >= 0.3 is 5.97 Å². The molecule has 2 aromatic carbocycles. The number of rotatable bonds is 3. The first kappa shape index (κ1) is 17.4. The Morgan fingerprint density at radius 3 is 2.68 bits per heavy atom. The molecule has 0 bridgehead atoms. The van der Waals surface area contributed by atoms with Crippen molar-refractivity contribution < 1.29 is 14.3 Å². The predicted octanol–water partition coefficient (Wildman–Crippen LogP) is 3.90. The first-order valence-electron chi connectivity index (χ1n) is 7.60. The molecule has 0 saturated carbocycles. The van der Waals surface area contributed by atoms with Crippen molar-refractivity contribution in [1.82, 2.24) is 4.57 Å². The molecule has 25 heavy (non-hydrogen) atoms. The zero-order chi connectivity index (χ0) is 18.0. The number of ether oxygens (including phenoxy) is 1. The van der Waals surface area contributed by atoms with Crippen LogP contribution in [-0.4, -0.2) is 23.6 Å². The molecule has 3 aromatic rings. The van der Waals surface area contributed by atoms with E-state index in [1.165, 1.54) is 18.4 Å². The molecule has 128 valence electrons. The van der Waals surface area contributed by atoms with Gasteiger partial charge in [0.1, 0.15) is 0 Å². The standard InChI is InChI=1S/C18H15ClN2O3S/c1-3-21-14-9-8-11(17(23)24-2)10-15(14)25-18(21)20-16(22)12-6-4-5-7-13(12)19/h4-10H,3H2,1-2H3. The van der Waals surface area contributed by atoms with Crippen molar-refractivity contribution in [2.45, 2.75) is 13.5 Å². The zero-order valence-electron chi connectivity index (χ0n) is 13.7. The summed E-state index contributed by atoms with van der Waals surface area (Å²) in [5.74, 6) is -0.795. The lowest BCUT2D eigenvalue weighted by molar-refractivity contribution is 0.0601. The smallest absolute Gasteiger partial charge is 0.337 e. The first-order chi connectivity index (χ1) is 12.0. The van der Waals surface area contributed by atoms with Crippen LogP contribution in [0, 0.1) is 0 Å². The number of carbonyl (C=O) groups excluding carboxylic acids is 2. The van der Waals surface area contributed by atoms with Gasteiger partial charge in [-0.2, -0.15) is 4.99 Å². The number of aryl methyl sites for hydroxylation is 1. The lowest BCUT2D eigenvalue weighted by Gasteiger charge is -2.02. The van der Waals surface area contributed by atoms with E-state index >= 15 is 0 Å². The molecule has 1 heterocycles. The number of nitrogens with zero attached hydrogens (tertiary/aromatic N) is 2. The Balaban J connectivity index is 2.14. The van der Waals surface area contributed by atoms with Crippen LogP contribution in [0.2, 0.25) is 5.02 Å². The van der Waals surface area contributed by atoms with Crippen LogP contribution >= 0.6 is 22.9 Å². The van der Waals surface area contributed by atoms with Gasteiger partial charge in [-0.25, -0.2) is 4.79 Å². The van der Waals surface area contributed by atoms with Crippen molar-refractivity contribution >= 4 is 45.0 Å². The monoisotopic (exact) mass is 374 g/mol. The highest BCUT2D eigenvalue weighted by Crippen LogP contribution is 2.20. The predicted molar refractivity (Wildman–Crippen MR) is 98.2 cm³/mol. The highest BCUT2D eigenvalue weighted by atomic mass is 35.5. The van der Waals surface area contributed by atoms with Gasteiger partial charge in [0.15, 0.2) is 4.80 Å². The van der Waals surface area contributed by atoms with Crippen LogP contribution in [0.3, 0.4) is 0 Å². The average molecular weight is 375 g/mol. The Kier molecular flexibility index (Phi) is 5.01. The number of aromatic nitrogens is 1. The number of carbonyl (C=O) groups is 2. The van der Waals surface area contributed by atoms with E-state index in [-0.39, 0.29) is 0 Å². The summed E-state index contributed by atoms with van der Waals surface area (Å²) in [6.45, 7) is 2.62. The highest BCUT2D eigenvalue weighted by molar-refractivity contribution is 7.16. The van der Waals surface area contributed by atoms with Gasteiger partial charge < -0.3 is 9.30 Å². The minimum Gasteiger partial charge on any atom is -0.465 e. The average Bonchev–Trinajstić information content (AvgIpc) is 2.97. The number of halogens is 1. The molecule has 3 rings (SSSR count). The summed E-state index contributed by atoms with van der Waals surface area (Å²) in [5.41, 5.74) is 1.73. The van der Waals surface area contributed by atoms with E-state index in [1.54, 1.807) is 36.4 Å². The fraction of sp³-hybridized carbons (Fsp3) is 0.167. The molecule has 0 atom stereocenters. The van der Waals surface area contributed by atoms with Crippen molar-refractivity contribution in [2.75, 3.05) is 7.11 Å². The Bertz CT molecular complexity index is 1040. The van der Waals surface area contributed by atoms with Crippen molar-refractivity contribution in [3.8, 4) is 0 Å². The van der Waals surface area contributed by atoms with E-state index in [9.17, 15) is 9.59 Å². The van der Waals surface area contributed by atoms with Gasteiger partial charge in [0.05, 0.1) is 33.5 Å². The highest BCUT2D eigenvalue weighted by Gasteiger charge is 2.13. The van der Waals surface area contributed by atoms with E-state index in [0.29, 0.717) is 27.5 Å². The number of benzene rings is 2. The molecule has 0 aliphatic carbocycles. The quantitative estimate of drug-likeness (QED) is 0.653. The number of amides is 1. The molecule has 0 N–H and O–H groups in total. The summed E-state index contributed by atoms with van der Waals surface area (Å²) in [6.07, 6.45) is 0. The normalized spacial score (nSPS) is 11.7. The molecular weight excluding hydrogens is 360 g/mol. The molecular formula is C18H15ClN2O3S. The van der Waals surface area contributed by atoms with Crippen LogP contribution in [0.1, 0.15) is 27.6 Å². The maximum atomic E-state index is 12.5. The van der Waals surface area contributed by atoms with Crippen LogP contribution in [0.5, 0.6) is 0 Å². The van der Waals surface area contributed by atoms with Crippen molar-refractivity contribution in [1.29, 1.82) is 0 Å². The van der Waals surface area contributed by atoms with E-state index in [4.69, 9.17) is 16.3 Å². The van der Waals surface area contributed by atoms with E-state index in [2.05, 4.69) is 4.99 Å². The Hall–Kier alpha value is -2.44. The third-order valence-electron chi connectivity index (χ3n) is 3.72. The van der Waals surface area contributed by atoms with Crippen LogP contribution in [-0.2, 0) is 11.3 Å². The number of hydrogen-bond acceptors (Lipinski definition) is 4. The second-order valence-corrected chi connectivity index (χ2v) is 6.62. The third kappa shape index (κ3) is 3.36. The molecule has 0 fully saturated rings. The topological polar surface area (TPSA) is 60.7 Å². The Labute approximate surface area is 153 Å². The number of hydrogen-bond donors (Lipinski definition) is 0. The molecule has 0 unspecified atom stereocenters. The number of methoxy groups -OCH3 is 1. The van der Waals surface area contributed by atoms with Crippen molar-refractivity contribution in [3.05, 3.63) is 63.4 Å². The summed E-state index contributed by atoms with van der Waals surface area (Å²) in [4.78, 5) is 29.0. The molecule has 5 nitrogen and oxygen atoms in total. The van der Waals surface area contributed by atoms with Gasteiger partial charge in [0, 0.05) is 6.54 Å². The molecule has 0 aliphatic rings. The lowest BCUT2D eigenvalue weighted by Crippen LogP contribution is -2.16. The largest absolute Gasteiger partial charge is 0.465 e. The third-order valence-corrected chi connectivity index (χ3v) is 5.09. The second kappa shape index (κ2) is 7.21. The van der Waals surface area contributed by atoms with Gasteiger partial charge in [-0.3, -0.25) is 4.79 Å². The minimum atomic E-state index is -0.399. The van der Waals surface area contributed by atoms with Gasteiger partial charge in [-0.1, -0.05) is 35.1 Å². The summed E-state index contributed by atoms with van der Waals surface area (Å²) < 4.78 is 7.53.